The third-order valence-electron chi connectivity index (χ3n) is 15.6. The van der Waals surface area contributed by atoms with Crippen molar-refractivity contribution in [2.45, 2.75) is 144 Å². The van der Waals surface area contributed by atoms with E-state index in [1.807, 2.05) is 6.20 Å². The van der Waals surface area contributed by atoms with Gasteiger partial charge in [-0.25, -0.2) is 4.98 Å². The second-order valence-corrected chi connectivity index (χ2v) is 27.4. The van der Waals surface area contributed by atoms with Gasteiger partial charge in [-0.2, -0.15) is 42.5 Å². The predicted octanol–water partition coefficient (Wildman–Crippen LogP) is 17.5. The van der Waals surface area contributed by atoms with E-state index in [-0.39, 0.29) is 47.9 Å². The molecule has 7 aromatic carbocycles. The summed E-state index contributed by atoms with van der Waals surface area (Å²) in [6.45, 7) is 36.4. The molecule has 1 saturated heterocycles. The van der Waals surface area contributed by atoms with Crippen molar-refractivity contribution < 1.29 is 39.5 Å². The van der Waals surface area contributed by atoms with Crippen LogP contribution in [0.5, 0.6) is 0 Å². The molecule has 0 spiro atoms. The SMILES string of the molecule is CC(C)(C)B1OB(c2cccc(-c3cc(C(C)(C)C)cc(C(C)(C)C)c3)c2N2[CH-]N(c3[c-]c(COCc4[c-]c5c(cc4)c4cc(-c6ccccc6)ccc4n5-c4cc(C(C)(C)C)ccn4)ccc3)c3ccccc32)OB(C(C)(C)C)O1.[Pt]. The van der Waals surface area contributed by atoms with Crippen LogP contribution in [-0.4, -0.2) is 30.9 Å². The molecule has 0 saturated carbocycles. The number of rotatable bonds is 10. The summed E-state index contributed by atoms with van der Waals surface area (Å²) in [5.74, 6) is 0.868. The molecule has 0 atom stereocenters. The Morgan fingerprint density at radius 1 is 0.512 bits per heavy atom. The monoisotopic (exact) mass is 1260 g/mol. The topological polar surface area (TPSA) is 61.2 Å². The van der Waals surface area contributed by atoms with Gasteiger partial charge in [-0.15, -0.1) is 28.9 Å². The second-order valence-electron chi connectivity index (χ2n) is 27.4. The Kier molecular flexibility index (Phi) is 16.1. The quantitative estimate of drug-likeness (QED) is 0.0999. The van der Waals surface area contributed by atoms with Crippen molar-refractivity contribution in [1.82, 2.24) is 9.55 Å². The molecule has 2 aromatic heterocycles. The number of nitrogens with zero attached hydrogens (tertiary/aromatic N) is 4. The first-order chi connectivity index (χ1) is 38.3. The van der Waals surface area contributed by atoms with Crippen LogP contribution in [0, 0.1) is 18.8 Å². The van der Waals surface area contributed by atoms with Crippen LogP contribution in [0.1, 0.15) is 132 Å². The molecule has 0 aliphatic carbocycles. The molecule has 12 heteroatoms. The molecule has 0 amide bonds. The predicted molar refractivity (Wildman–Crippen MR) is 339 cm³/mol. The van der Waals surface area contributed by atoms with Crippen LogP contribution < -0.4 is 15.3 Å². The van der Waals surface area contributed by atoms with Gasteiger partial charge in [0.15, 0.2) is 0 Å². The maximum atomic E-state index is 6.96. The van der Waals surface area contributed by atoms with Gasteiger partial charge in [0.25, 0.3) is 0 Å². The number of hydrogen-bond donors (Lipinski definition) is 0. The number of hydrogen-bond acceptors (Lipinski definition) is 7. The van der Waals surface area contributed by atoms with Gasteiger partial charge >= 0.3 is 21.4 Å². The fourth-order valence-corrected chi connectivity index (χ4v) is 10.9. The van der Waals surface area contributed by atoms with Crippen molar-refractivity contribution in [3.63, 3.8) is 0 Å². The molecule has 0 radical (unpaired) electrons. The van der Waals surface area contributed by atoms with Crippen molar-refractivity contribution in [3.05, 3.63) is 204 Å². The number of aromatic nitrogens is 2. The van der Waals surface area contributed by atoms with Crippen LogP contribution in [0.3, 0.4) is 0 Å². The fraction of sp³-hybridized carbons (Fsp3) is 0.314. The van der Waals surface area contributed by atoms with Gasteiger partial charge in [0.1, 0.15) is 5.82 Å². The van der Waals surface area contributed by atoms with Gasteiger partial charge in [0.2, 0.25) is 0 Å². The molecular formula is C70H76B3N4O4Pt-3. The smallest absolute Gasteiger partial charge is 0.468 e. The first-order valence-corrected chi connectivity index (χ1v) is 28.7. The number of para-hydroxylation sites is 3. The summed E-state index contributed by atoms with van der Waals surface area (Å²) < 4.78 is 29.4. The summed E-state index contributed by atoms with van der Waals surface area (Å²) in [7, 11) is -1.77. The number of fused-ring (bicyclic) bond motifs is 4. The summed E-state index contributed by atoms with van der Waals surface area (Å²) in [5, 5.41) is 1.63. The van der Waals surface area contributed by atoms with E-state index >= 15 is 0 Å². The second kappa shape index (κ2) is 22.4. The Labute approximate surface area is 503 Å². The van der Waals surface area contributed by atoms with Crippen molar-refractivity contribution in [3.8, 4) is 28.1 Å². The van der Waals surface area contributed by atoms with E-state index in [2.05, 4.69) is 289 Å². The molecular weight excluding hydrogens is 1190 g/mol. The molecule has 1 fully saturated rings. The van der Waals surface area contributed by atoms with Gasteiger partial charge in [0, 0.05) is 74.1 Å². The summed E-state index contributed by atoms with van der Waals surface area (Å²) in [4.78, 5) is 9.51. The molecule has 0 N–H and O–H groups in total. The summed E-state index contributed by atoms with van der Waals surface area (Å²) in [6.07, 6.45) is 1.92. The number of benzene rings is 7. The molecule has 8 nitrogen and oxygen atoms in total. The largest absolute Gasteiger partial charge is 0.493 e. The summed E-state index contributed by atoms with van der Waals surface area (Å²) in [6, 6.07) is 62.1. The minimum Gasteiger partial charge on any atom is -0.493 e. The third kappa shape index (κ3) is 12.0. The minimum absolute atomic E-state index is 0. The Hall–Kier alpha value is -6.19. The molecule has 4 heterocycles. The van der Waals surface area contributed by atoms with Gasteiger partial charge in [0.05, 0.1) is 0 Å². The normalized spacial score (nSPS) is 14.5. The first kappa shape index (κ1) is 59.0. The minimum atomic E-state index is -0.734. The average molecular weight is 1260 g/mol. The van der Waals surface area contributed by atoms with Crippen LogP contribution >= 0.6 is 0 Å². The maximum Gasteiger partial charge on any atom is 0.468 e. The van der Waals surface area contributed by atoms with Crippen molar-refractivity contribution in [2.24, 2.45) is 0 Å². The zero-order chi connectivity index (χ0) is 57.4. The van der Waals surface area contributed by atoms with Gasteiger partial charge in [-0.05, 0) is 96.0 Å². The van der Waals surface area contributed by atoms with E-state index < -0.39 is 21.4 Å². The van der Waals surface area contributed by atoms with Gasteiger partial charge in [-0.1, -0.05) is 200 Å². The first-order valence-electron chi connectivity index (χ1n) is 28.7. The number of anilines is 4. The summed E-state index contributed by atoms with van der Waals surface area (Å²) >= 11 is 0. The van der Waals surface area contributed by atoms with Crippen molar-refractivity contribution in [2.75, 3.05) is 9.80 Å². The molecule has 2 aliphatic rings. The maximum absolute atomic E-state index is 6.96. The van der Waals surface area contributed by atoms with E-state index in [9.17, 15) is 0 Å². The molecule has 2 aliphatic heterocycles. The van der Waals surface area contributed by atoms with E-state index in [1.165, 1.54) is 27.8 Å². The molecule has 82 heavy (non-hydrogen) atoms. The molecule has 422 valence electrons. The average Bonchev–Trinajstić information content (AvgIpc) is 4.21. The fourth-order valence-electron chi connectivity index (χ4n) is 10.9. The summed E-state index contributed by atoms with van der Waals surface area (Å²) in [5.41, 5.74) is 16.9. The zero-order valence-electron chi connectivity index (χ0n) is 50.5. The van der Waals surface area contributed by atoms with Crippen LogP contribution in [0.25, 0.3) is 49.9 Å². The van der Waals surface area contributed by atoms with E-state index in [0.29, 0.717) is 13.2 Å². The van der Waals surface area contributed by atoms with Crippen LogP contribution in [-0.2, 0) is 69.0 Å². The van der Waals surface area contributed by atoms with Crippen molar-refractivity contribution >= 4 is 71.4 Å². The van der Waals surface area contributed by atoms with Crippen LogP contribution in [0.4, 0.5) is 22.7 Å². The third-order valence-corrected chi connectivity index (χ3v) is 15.6. The van der Waals surface area contributed by atoms with E-state index in [1.54, 1.807) is 0 Å². The molecule has 0 unspecified atom stereocenters. The van der Waals surface area contributed by atoms with E-state index in [4.69, 9.17) is 23.4 Å². The Morgan fingerprint density at radius 2 is 1.12 bits per heavy atom. The Bertz CT molecular complexity index is 3740. The van der Waals surface area contributed by atoms with Gasteiger partial charge in [-0.3, -0.25) is 0 Å². The van der Waals surface area contributed by atoms with Crippen molar-refractivity contribution in [1.29, 1.82) is 0 Å². The number of ether oxygens (including phenoxy) is 1. The van der Waals surface area contributed by atoms with Crippen LogP contribution in [0.2, 0.25) is 10.6 Å². The van der Waals surface area contributed by atoms with Crippen LogP contribution in [0.15, 0.2) is 158 Å². The Balaban J connectivity index is 0.00000753. The molecule has 0 bridgehead atoms. The zero-order valence-corrected chi connectivity index (χ0v) is 52.7. The molecule has 11 rings (SSSR count). The molecule has 9 aromatic rings. The van der Waals surface area contributed by atoms with E-state index in [0.717, 1.165) is 78.1 Å². The standard InChI is InChI=1S/C70H76B3N4O4.Pt/c1-66(2,3)52-35-36-74-64(43-52)77-60-34-32-50(49-24-17-16-18-25-49)41-58(60)57-33-31-48(38-63(57)77)45-78-44-47-23-21-26-55(37-47)75-46-76(62-30-20-19-29-61(62)75)65-56(51-39-53(67(4,5)6)42-54(40-51)68(7,8)9)27-22-28-59(65)71-79-72(69(10,11)12)81-73(80-71)70(13,14)15;/h16-36,39-43,46H,44-45H2,1-15H3;/q-3;. The van der Waals surface area contributed by atoms with Gasteiger partial charge < -0.3 is 32.8 Å². The Morgan fingerprint density at radius 3 is 1.76 bits per heavy atom. The number of pyridine rings is 1.